The van der Waals surface area contributed by atoms with Crippen LogP contribution in [-0.4, -0.2) is 23.9 Å². The topological polar surface area (TPSA) is 0 Å². The maximum absolute atomic E-state index is 3.84. The second kappa shape index (κ2) is 15.3. The molecule has 0 amide bonds. The van der Waals surface area contributed by atoms with Crippen LogP contribution in [0.5, 0.6) is 0 Å². The molecule has 0 aliphatic heterocycles. The Morgan fingerprint density at radius 3 is 1.46 bits per heavy atom. The van der Waals surface area contributed by atoms with Crippen LogP contribution in [0.1, 0.15) is 71.1 Å². The zero-order chi connectivity index (χ0) is 9.07. The van der Waals surface area contributed by atoms with E-state index < -0.39 is 0 Å². The molecular weight excluding hydrogens is 263 g/mol. The first-order chi connectivity index (χ1) is 5.91. The quantitative estimate of drug-likeness (QED) is 0.452. The molecule has 0 spiro atoms. The first-order valence-corrected chi connectivity index (χ1v) is 5.71. The first-order valence-electron chi connectivity index (χ1n) is 5.71. The van der Waals surface area contributed by atoms with Gasteiger partial charge in [0.15, 0.2) is 0 Å². The molecule has 0 aromatic rings. The zero-order valence-electron chi connectivity index (χ0n) is 8.78. The van der Waals surface area contributed by atoms with Crippen molar-refractivity contribution in [2.24, 2.45) is 0 Å². The molecule has 0 aromatic carbocycles. The predicted molar refractivity (Wildman–Crippen MR) is 68.5 cm³/mol. The van der Waals surface area contributed by atoms with Gasteiger partial charge < -0.3 is 0 Å². The molecule has 0 rings (SSSR count). The van der Waals surface area contributed by atoms with E-state index in [1.807, 2.05) is 0 Å². The van der Waals surface area contributed by atoms with Crippen LogP contribution < -0.4 is 0 Å². The van der Waals surface area contributed by atoms with Crippen LogP contribution in [0.15, 0.2) is 0 Å². The van der Waals surface area contributed by atoms with Gasteiger partial charge in [0.25, 0.3) is 0 Å². The Morgan fingerprint density at radius 1 is 0.692 bits per heavy atom. The van der Waals surface area contributed by atoms with Crippen LogP contribution in [0.3, 0.4) is 0 Å². The molecule has 0 saturated carbocycles. The van der Waals surface area contributed by atoms with E-state index in [2.05, 4.69) is 13.8 Å². The van der Waals surface area contributed by atoms with Gasteiger partial charge >= 0.3 is 23.9 Å². The molecule has 0 heterocycles. The van der Waals surface area contributed by atoms with Gasteiger partial charge in [-0.2, -0.15) is 0 Å². The van der Waals surface area contributed by atoms with Crippen molar-refractivity contribution in [3.63, 3.8) is 0 Å². The molecule has 1 heteroatoms. The van der Waals surface area contributed by atoms with Crippen LogP contribution in [0.2, 0.25) is 0 Å². The number of unbranched alkanes of at least 4 members (excludes halogenated alkanes) is 9. The van der Waals surface area contributed by atoms with Crippen molar-refractivity contribution in [2.75, 3.05) is 0 Å². The first kappa shape index (κ1) is 16.2. The van der Waals surface area contributed by atoms with E-state index in [9.17, 15) is 0 Å². The molecule has 0 nitrogen and oxygen atoms in total. The summed E-state index contributed by atoms with van der Waals surface area (Å²) in [5, 5.41) is 0. The van der Waals surface area contributed by atoms with Crippen LogP contribution >= 0.6 is 0 Å². The molecule has 0 saturated heterocycles. The summed E-state index contributed by atoms with van der Waals surface area (Å²) in [7, 11) is 0. The Bertz CT molecular complexity index is 61.5. The fourth-order valence-electron chi connectivity index (χ4n) is 1.49. The minimum atomic E-state index is 0. The summed E-state index contributed by atoms with van der Waals surface area (Å²) in [5.74, 6) is 0. The van der Waals surface area contributed by atoms with Crippen molar-refractivity contribution in [3.05, 3.63) is 6.92 Å². The fourth-order valence-corrected chi connectivity index (χ4v) is 1.49. The Balaban J connectivity index is 0. The van der Waals surface area contributed by atoms with Crippen LogP contribution in [0.25, 0.3) is 0 Å². The maximum atomic E-state index is 3.84. The number of rotatable bonds is 9. The van der Waals surface area contributed by atoms with Gasteiger partial charge in [0.1, 0.15) is 0 Å². The average Bonchev–Trinajstić information content (AvgIpc) is 2.10. The third-order valence-electron chi connectivity index (χ3n) is 2.35. The van der Waals surface area contributed by atoms with Gasteiger partial charge in [-0.1, -0.05) is 78.1 Å². The molecule has 0 N–H and O–H groups in total. The molecule has 81 valence electrons. The van der Waals surface area contributed by atoms with Crippen molar-refractivity contribution in [2.45, 2.75) is 71.1 Å². The monoisotopic (exact) mass is 293 g/mol. The Kier molecular flexibility index (Phi) is 19.1. The normalized spacial score (nSPS) is 9.69. The molecule has 0 aromatic heterocycles. The zero-order valence-corrected chi connectivity index (χ0v) is 8.78. The van der Waals surface area contributed by atoms with Crippen molar-refractivity contribution < 1.29 is 0 Å². The average molecular weight is 292 g/mol. The van der Waals surface area contributed by atoms with Crippen molar-refractivity contribution in [1.82, 2.24) is 0 Å². The summed E-state index contributed by atoms with van der Waals surface area (Å²) in [6, 6.07) is 0. The molecule has 0 fully saturated rings. The summed E-state index contributed by atoms with van der Waals surface area (Å²) in [6.45, 7) is 6.12. The van der Waals surface area contributed by atoms with E-state index in [1.165, 1.54) is 57.8 Å². The number of hydrogen-bond donors (Lipinski definition) is 0. The van der Waals surface area contributed by atoms with Gasteiger partial charge in [-0.05, 0) is 0 Å². The third kappa shape index (κ3) is 15.5. The fraction of sp³-hybridized carbons (Fsp3) is 0.917. The minimum absolute atomic E-state index is 0. The van der Waals surface area contributed by atoms with Gasteiger partial charge in [-0.15, -0.1) is 0 Å². The second-order valence-corrected chi connectivity index (χ2v) is 3.68. The van der Waals surface area contributed by atoms with E-state index in [1.54, 1.807) is 0 Å². The van der Waals surface area contributed by atoms with E-state index in [-0.39, 0.29) is 23.9 Å². The van der Waals surface area contributed by atoms with E-state index in [0.29, 0.717) is 0 Å². The van der Waals surface area contributed by atoms with Crippen LogP contribution in [0.4, 0.5) is 0 Å². The Hall–Kier alpha value is 0.799. The van der Waals surface area contributed by atoms with Crippen molar-refractivity contribution in [1.29, 1.82) is 0 Å². The van der Waals surface area contributed by atoms with Gasteiger partial charge in [-0.25, -0.2) is 0 Å². The summed E-state index contributed by atoms with van der Waals surface area (Å²) < 4.78 is 0. The Labute approximate surface area is 102 Å². The predicted octanol–water partition coefficient (Wildman–Crippen LogP) is 3.29. The molecule has 0 unspecified atom stereocenters. The molecule has 1 radical (unpaired) electrons. The van der Waals surface area contributed by atoms with Gasteiger partial charge in [0.2, 0.25) is 0 Å². The van der Waals surface area contributed by atoms with Crippen LogP contribution in [-0.2, 0) is 0 Å². The number of hydrogen-bond acceptors (Lipinski definition) is 0. The summed E-state index contributed by atoms with van der Waals surface area (Å²) in [4.78, 5) is 0. The summed E-state index contributed by atoms with van der Waals surface area (Å²) in [5.41, 5.74) is 0. The molecule has 0 aliphatic carbocycles. The standard InChI is InChI=1S/C12H25.Sn.4H/c1-3-5-7-9-11-12-10-8-6-4-2;;;;;/h1,3-12H2,2H3;;;;;. The molecule has 0 bridgehead atoms. The van der Waals surface area contributed by atoms with Gasteiger partial charge in [-0.3, -0.25) is 0 Å². The third-order valence-corrected chi connectivity index (χ3v) is 2.35. The van der Waals surface area contributed by atoms with Crippen molar-refractivity contribution in [3.8, 4) is 0 Å². The van der Waals surface area contributed by atoms with Gasteiger partial charge in [0.05, 0.1) is 0 Å². The van der Waals surface area contributed by atoms with Crippen molar-refractivity contribution >= 4 is 23.9 Å². The van der Waals surface area contributed by atoms with Gasteiger partial charge in [0, 0.05) is 0 Å². The second-order valence-electron chi connectivity index (χ2n) is 3.68. The van der Waals surface area contributed by atoms with E-state index in [4.69, 9.17) is 0 Å². The molecule has 13 heavy (non-hydrogen) atoms. The molecular formula is C12H29Sn. The summed E-state index contributed by atoms with van der Waals surface area (Å²) >= 11 is 0. The van der Waals surface area contributed by atoms with E-state index >= 15 is 0 Å². The molecule has 0 aliphatic rings. The SMILES string of the molecule is [CH2]CCCCCCCCCCC.[SnH4]. The Morgan fingerprint density at radius 2 is 1.08 bits per heavy atom. The molecule has 0 atom stereocenters. The van der Waals surface area contributed by atoms with Crippen LogP contribution in [0, 0.1) is 6.92 Å². The summed E-state index contributed by atoms with van der Waals surface area (Å²) in [6.07, 6.45) is 13.9. The van der Waals surface area contributed by atoms with E-state index in [0.717, 1.165) is 6.42 Å².